The van der Waals surface area contributed by atoms with Crippen LogP contribution in [0.5, 0.6) is 5.75 Å². The molecule has 6 heteroatoms. The Balaban J connectivity index is 1.40. The number of thioether (sulfide) groups is 1. The van der Waals surface area contributed by atoms with Gasteiger partial charge in [0.25, 0.3) is 11.1 Å². The first kappa shape index (κ1) is 20.9. The van der Waals surface area contributed by atoms with Crippen molar-refractivity contribution in [3.05, 3.63) is 106 Å². The summed E-state index contributed by atoms with van der Waals surface area (Å²) in [7, 11) is 0. The highest BCUT2D eigenvalue weighted by atomic mass is 32.2. The van der Waals surface area contributed by atoms with Crippen LogP contribution in [0.15, 0.2) is 77.7 Å². The molecule has 0 N–H and O–H groups in total. The normalized spacial score (nSPS) is 15.0. The van der Waals surface area contributed by atoms with Gasteiger partial charge in [0.15, 0.2) is 0 Å². The van der Waals surface area contributed by atoms with E-state index < -0.39 is 0 Å². The van der Waals surface area contributed by atoms with Crippen LogP contribution >= 0.6 is 11.8 Å². The van der Waals surface area contributed by atoms with E-state index in [0.717, 1.165) is 28.6 Å². The molecule has 0 aliphatic carbocycles. The fraction of sp³-hybridized carbons (Fsp3) is 0.120. The van der Waals surface area contributed by atoms with E-state index in [9.17, 15) is 14.0 Å². The summed E-state index contributed by atoms with van der Waals surface area (Å²) in [4.78, 5) is 26.5. The minimum Gasteiger partial charge on any atom is -0.489 e. The van der Waals surface area contributed by atoms with E-state index in [0.29, 0.717) is 17.1 Å². The maximum Gasteiger partial charge on any atom is 0.293 e. The molecule has 0 atom stereocenters. The van der Waals surface area contributed by atoms with Crippen LogP contribution in [0, 0.1) is 12.7 Å². The van der Waals surface area contributed by atoms with E-state index in [2.05, 4.69) is 6.07 Å². The second-order valence-electron chi connectivity index (χ2n) is 7.24. The van der Waals surface area contributed by atoms with Crippen LogP contribution in [0.3, 0.4) is 0 Å². The van der Waals surface area contributed by atoms with E-state index in [1.165, 1.54) is 22.6 Å². The van der Waals surface area contributed by atoms with Crippen molar-refractivity contribution in [3.63, 3.8) is 0 Å². The average Bonchev–Trinajstić information content (AvgIpc) is 3.02. The van der Waals surface area contributed by atoms with Gasteiger partial charge in [0.2, 0.25) is 0 Å². The number of aryl methyl sites for hydroxylation is 1. The summed E-state index contributed by atoms with van der Waals surface area (Å²) >= 11 is 0.905. The smallest absolute Gasteiger partial charge is 0.293 e. The second-order valence-corrected chi connectivity index (χ2v) is 8.23. The topological polar surface area (TPSA) is 46.6 Å². The van der Waals surface area contributed by atoms with Gasteiger partial charge in [-0.05, 0) is 65.7 Å². The van der Waals surface area contributed by atoms with Gasteiger partial charge < -0.3 is 4.74 Å². The molecule has 0 unspecified atom stereocenters. The lowest BCUT2D eigenvalue weighted by molar-refractivity contribution is -0.123. The van der Waals surface area contributed by atoms with Crippen molar-refractivity contribution in [1.29, 1.82) is 0 Å². The van der Waals surface area contributed by atoms with Crippen molar-refractivity contribution in [2.24, 2.45) is 0 Å². The number of hydrogen-bond acceptors (Lipinski definition) is 4. The van der Waals surface area contributed by atoms with E-state index in [4.69, 9.17) is 4.74 Å². The number of amides is 2. The predicted octanol–water partition coefficient (Wildman–Crippen LogP) is 5.95. The van der Waals surface area contributed by atoms with Crippen molar-refractivity contribution >= 4 is 29.0 Å². The molecule has 3 aromatic rings. The molecule has 156 valence electrons. The molecule has 0 spiro atoms. The fourth-order valence-electron chi connectivity index (χ4n) is 3.19. The maximum atomic E-state index is 13.1. The quantitative estimate of drug-likeness (QED) is 0.451. The Morgan fingerprint density at radius 3 is 2.42 bits per heavy atom. The molecule has 0 radical (unpaired) electrons. The molecule has 1 aliphatic heterocycles. The highest BCUT2D eigenvalue weighted by molar-refractivity contribution is 8.18. The molecule has 0 bridgehead atoms. The van der Waals surface area contributed by atoms with Gasteiger partial charge in [-0.2, -0.15) is 0 Å². The van der Waals surface area contributed by atoms with Gasteiger partial charge in [-0.15, -0.1) is 0 Å². The molecule has 31 heavy (non-hydrogen) atoms. The third kappa shape index (κ3) is 5.22. The number of hydrogen-bond donors (Lipinski definition) is 0. The fourth-order valence-corrected chi connectivity index (χ4v) is 4.03. The van der Waals surface area contributed by atoms with Crippen molar-refractivity contribution in [3.8, 4) is 5.75 Å². The Morgan fingerprint density at radius 1 is 0.968 bits per heavy atom. The standard InChI is InChI=1S/C25H20FNO3S/c1-17-3-2-4-20(13-17)16-30-22-11-7-18(8-12-22)14-23-24(28)27(25(29)31-23)15-19-5-9-21(26)10-6-19/h2-14H,15-16H2,1H3/b23-14+. The SMILES string of the molecule is Cc1cccc(COc2ccc(/C=C3/SC(=O)N(Cc4ccc(F)cc4)C3=O)cc2)c1. The van der Waals surface area contributed by atoms with Gasteiger partial charge >= 0.3 is 0 Å². The minimum absolute atomic E-state index is 0.119. The van der Waals surface area contributed by atoms with Crippen molar-refractivity contribution in [2.75, 3.05) is 0 Å². The molecule has 4 nitrogen and oxygen atoms in total. The largest absolute Gasteiger partial charge is 0.489 e. The van der Waals surface area contributed by atoms with Crippen LogP contribution in [0.1, 0.15) is 22.3 Å². The number of rotatable bonds is 6. The molecule has 0 aromatic heterocycles. The summed E-state index contributed by atoms with van der Waals surface area (Å²) in [5.41, 5.74) is 3.78. The van der Waals surface area contributed by atoms with Gasteiger partial charge in [0, 0.05) is 0 Å². The van der Waals surface area contributed by atoms with Crippen LogP contribution in [0.25, 0.3) is 6.08 Å². The molecule has 1 aliphatic rings. The zero-order valence-electron chi connectivity index (χ0n) is 16.9. The third-order valence-corrected chi connectivity index (χ3v) is 5.70. The van der Waals surface area contributed by atoms with Crippen LogP contribution in [0.4, 0.5) is 9.18 Å². The summed E-state index contributed by atoms with van der Waals surface area (Å²) in [5, 5.41) is -0.335. The van der Waals surface area contributed by atoms with Crippen molar-refractivity contribution in [2.45, 2.75) is 20.1 Å². The first-order valence-corrected chi connectivity index (χ1v) is 10.6. The molecule has 1 heterocycles. The molecule has 1 fully saturated rings. The lowest BCUT2D eigenvalue weighted by Gasteiger charge is -2.12. The van der Waals surface area contributed by atoms with Gasteiger partial charge in [0.1, 0.15) is 18.2 Å². The first-order chi connectivity index (χ1) is 15.0. The summed E-state index contributed by atoms with van der Waals surface area (Å²) in [6.45, 7) is 2.64. The molecule has 2 amide bonds. The van der Waals surface area contributed by atoms with Crippen LogP contribution in [-0.2, 0) is 17.9 Å². The Bertz CT molecular complexity index is 1140. The zero-order valence-corrected chi connectivity index (χ0v) is 17.7. The number of carbonyl (C=O) groups excluding carboxylic acids is 2. The lowest BCUT2D eigenvalue weighted by atomic mass is 10.1. The average molecular weight is 434 g/mol. The Kier molecular flexibility index (Phi) is 6.18. The number of benzene rings is 3. The Hall–Kier alpha value is -3.38. The Labute approximate surface area is 184 Å². The van der Waals surface area contributed by atoms with E-state index in [1.54, 1.807) is 18.2 Å². The van der Waals surface area contributed by atoms with Crippen LogP contribution in [0.2, 0.25) is 0 Å². The van der Waals surface area contributed by atoms with Crippen molar-refractivity contribution < 1.29 is 18.7 Å². The number of nitrogens with zero attached hydrogens (tertiary/aromatic N) is 1. The highest BCUT2D eigenvalue weighted by Crippen LogP contribution is 2.33. The zero-order chi connectivity index (χ0) is 21.8. The number of carbonyl (C=O) groups is 2. The number of halogens is 1. The lowest BCUT2D eigenvalue weighted by Crippen LogP contribution is -2.27. The number of imide groups is 1. The van der Waals surface area contributed by atoms with Crippen LogP contribution in [-0.4, -0.2) is 16.0 Å². The highest BCUT2D eigenvalue weighted by Gasteiger charge is 2.34. The molecule has 0 saturated carbocycles. The third-order valence-electron chi connectivity index (χ3n) is 4.79. The summed E-state index contributed by atoms with van der Waals surface area (Å²) in [6.07, 6.45) is 1.69. The van der Waals surface area contributed by atoms with Gasteiger partial charge in [0.05, 0.1) is 11.4 Å². The molecular formula is C25H20FNO3S. The Morgan fingerprint density at radius 2 is 1.71 bits per heavy atom. The summed E-state index contributed by atoms with van der Waals surface area (Å²) in [6, 6.07) is 21.3. The predicted molar refractivity (Wildman–Crippen MR) is 120 cm³/mol. The van der Waals surface area contributed by atoms with E-state index >= 15 is 0 Å². The minimum atomic E-state index is -0.357. The van der Waals surface area contributed by atoms with Gasteiger partial charge in [-0.25, -0.2) is 4.39 Å². The van der Waals surface area contributed by atoms with Crippen molar-refractivity contribution in [1.82, 2.24) is 4.90 Å². The monoisotopic (exact) mass is 433 g/mol. The first-order valence-electron chi connectivity index (χ1n) is 9.76. The van der Waals surface area contributed by atoms with Gasteiger partial charge in [-0.1, -0.05) is 54.1 Å². The maximum absolute atomic E-state index is 13.1. The number of ether oxygens (including phenoxy) is 1. The molecule has 4 rings (SSSR count). The van der Waals surface area contributed by atoms with E-state index in [1.807, 2.05) is 49.4 Å². The molecule has 1 saturated heterocycles. The molecule has 3 aromatic carbocycles. The molecular weight excluding hydrogens is 413 g/mol. The summed E-state index contributed by atoms with van der Waals surface area (Å²) in [5.74, 6) is 0.0197. The second kappa shape index (κ2) is 9.18. The summed E-state index contributed by atoms with van der Waals surface area (Å²) < 4.78 is 18.9. The van der Waals surface area contributed by atoms with Gasteiger partial charge in [-0.3, -0.25) is 14.5 Å². The van der Waals surface area contributed by atoms with Crippen LogP contribution < -0.4 is 4.74 Å². The van der Waals surface area contributed by atoms with E-state index in [-0.39, 0.29) is 23.5 Å².